The van der Waals surface area contributed by atoms with E-state index in [1.165, 1.54) is 257 Å². The lowest BCUT2D eigenvalue weighted by Crippen LogP contribution is -2.30. The van der Waals surface area contributed by atoms with E-state index in [0.717, 1.165) is 95.8 Å². The van der Waals surface area contributed by atoms with Crippen molar-refractivity contribution >= 4 is 39.5 Å². The minimum Gasteiger partial charge on any atom is -0.462 e. The summed E-state index contributed by atoms with van der Waals surface area (Å²) in [5, 5.41) is 10.6. The van der Waals surface area contributed by atoms with Crippen LogP contribution < -0.4 is 0 Å². The van der Waals surface area contributed by atoms with Crippen molar-refractivity contribution in [2.75, 3.05) is 39.6 Å². The van der Waals surface area contributed by atoms with Crippen molar-refractivity contribution in [2.45, 2.75) is 451 Å². The van der Waals surface area contributed by atoms with Crippen molar-refractivity contribution in [1.29, 1.82) is 0 Å². The van der Waals surface area contributed by atoms with Crippen LogP contribution in [0.3, 0.4) is 0 Å². The molecule has 0 aromatic rings. The average Bonchev–Trinajstić information content (AvgIpc) is 0.970. The predicted octanol–water partition coefficient (Wildman–Crippen LogP) is 24.4. The van der Waals surface area contributed by atoms with Crippen molar-refractivity contribution in [1.82, 2.24) is 0 Å². The first-order valence-corrected chi connectivity index (χ1v) is 45.1. The van der Waals surface area contributed by atoms with Crippen LogP contribution in [0.4, 0.5) is 0 Å². The number of hydrogen-bond acceptors (Lipinski definition) is 15. The number of hydrogen-bond donors (Lipinski definition) is 3. The number of phosphoric ester groups is 2. The van der Waals surface area contributed by atoms with E-state index >= 15 is 0 Å². The molecule has 594 valence electrons. The number of carbonyl (C=O) groups excluding carboxylic acids is 4. The fraction of sp³-hybridized carbons (Fsp3) is 0.951. The first-order valence-electron chi connectivity index (χ1n) is 42.1. The van der Waals surface area contributed by atoms with Gasteiger partial charge in [0, 0.05) is 25.7 Å². The van der Waals surface area contributed by atoms with Crippen LogP contribution >= 0.6 is 15.6 Å². The van der Waals surface area contributed by atoms with Crippen LogP contribution in [-0.2, 0) is 65.4 Å². The highest BCUT2D eigenvalue weighted by Gasteiger charge is 2.30. The smallest absolute Gasteiger partial charge is 0.462 e. The first-order chi connectivity index (χ1) is 48.5. The summed E-state index contributed by atoms with van der Waals surface area (Å²) < 4.78 is 68.8. The summed E-state index contributed by atoms with van der Waals surface area (Å²) in [5.74, 6) is -1.36. The second kappa shape index (κ2) is 73.9. The number of rotatable bonds is 81. The van der Waals surface area contributed by atoms with E-state index in [1.807, 2.05) is 0 Å². The molecule has 17 nitrogen and oxygen atoms in total. The fourth-order valence-electron chi connectivity index (χ4n) is 12.6. The summed E-state index contributed by atoms with van der Waals surface area (Å²) in [7, 11) is -9.92. The standard InChI is InChI=1S/C81H158O17P2/c1-6-9-12-15-18-21-24-27-30-32-33-35-38-41-46-52-57-62-67-81(86)97-76(70-91-78(83)64-59-54-49-44-39-37-34-31-28-25-22-19-16-13-10-7-2)72-95-99(87,88)93-68-75(82)69-94-100(89,90)96-73-77(71-92-79(84)65-60-55-50-47-42-43-48-53-58-63-74(4)5)98-80(85)66-61-56-51-45-40-36-29-26-23-20-17-14-11-8-3/h74-77,82H,6-73H2,1-5H3,(H,87,88)(H,89,90)/t75-,76-,77-/m1/s1. The molecule has 0 amide bonds. The van der Waals surface area contributed by atoms with Crippen molar-refractivity contribution in [3.63, 3.8) is 0 Å². The van der Waals surface area contributed by atoms with Crippen LogP contribution in [0.2, 0.25) is 0 Å². The van der Waals surface area contributed by atoms with Gasteiger partial charge in [-0.1, -0.05) is 381 Å². The summed E-state index contributed by atoms with van der Waals surface area (Å²) in [6.45, 7) is 7.32. The average molecular weight is 1470 g/mol. The molecular formula is C81H158O17P2. The zero-order chi connectivity index (χ0) is 73.4. The summed E-state index contributed by atoms with van der Waals surface area (Å²) in [5.41, 5.74) is 0. The van der Waals surface area contributed by atoms with Gasteiger partial charge in [0.15, 0.2) is 12.2 Å². The summed E-state index contributed by atoms with van der Waals surface area (Å²) in [6.07, 6.45) is 65.1. The third-order valence-corrected chi connectivity index (χ3v) is 20.9. The molecule has 0 bridgehead atoms. The second-order valence-electron chi connectivity index (χ2n) is 29.6. The number of carbonyl (C=O) groups is 4. The Morgan fingerprint density at radius 3 is 0.680 bits per heavy atom. The summed E-state index contributed by atoms with van der Waals surface area (Å²) in [4.78, 5) is 73.1. The molecule has 0 aliphatic carbocycles. The van der Waals surface area contributed by atoms with Crippen molar-refractivity contribution in [2.24, 2.45) is 5.92 Å². The zero-order valence-corrected chi connectivity index (χ0v) is 67.1. The summed E-state index contributed by atoms with van der Waals surface area (Å²) >= 11 is 0. The molecule has 3 N–H and O–H groups in total. The lowest BCUT2D eigenvalue weighted by Gasteiger charge is -2.21. The Labute approximate surface area is 613 Å². The Kier molecular flexibility index (Phi) is 72.5. The minimum atomic E-state index is -4.96. The topological polar surface area (TPSA) is 237 Å². The van der Waals surface area contributed by atoms with Gasteiger partial charge in [-0.3, -0.25) is 37.3 Å². The highest BCUT2D eigenvalue weighted by Crippen LogP contribution is 2.45. The van der Waals surface area contributed by atoms with Crippen LogP contribution in [0, 0.1) is 5.92 Å². The number of ether oxygens (including phenoxy) is 4. The van der Waals surface area contributed by atoms with Crippen LogP contribution in [0.1, 0.15) is 433 Å². The lowest BCUT2D eigenvalue weighted by atomic mass is 10.0. The highest BCUT2D eigenvalue weighted by molar-refractivity contribution is 7.47. The zero-order valence-electron chi connectivity index (χ0n) is 65.3. The number of unbranched alkanes of at least 4 members (excludes halogenated alkanes) is 53. The Bertz CT molecular complexity index is 1910. The molecule has 19 heteroatoms. The van der Waals surface area contributed by atoms with E-state index in [1.54, 1.807) is 0 Å². The number of phosphoric acid groups is 2. The molecule has 100 heavy (non-hydrogen) atoms. The Morgan fingerprint density at radius 1 is 0.270 bits per heavy atom. The van der Waals surface area contributed by atoms with E-state index in [-0.39, 0.29) is 25.7 Å². The maximum atomic E-state index is 13.1. The van der Waals surface area contributed by atoms with E-state index in [9.17, 15) is 43.2 Å². The van der Waals surface area contributed by atoms with Gasteiger partial charge in [0.2, 0.25) is 0 Å². The molecule has 0 aliphatic heterocycles. The molecule has 0 saturated carbocycles. The van der Waals surface area contributed by atoms with E-state index in [0.29, 0.717) is 25.7 Å². The highest BCUT2D eigenvalue weighted by atomic mass is 31.2. The van der Waals surface area contributed by atoms with Gasteiger partial charge in [0.05, 0.1) is 26.4 Å². The van der Waals surface area contributed by atoms with Crippen LogP contribution in [0.25, 0.3) is 0 Å². The molecule has 0 radical (unpaired) electrons. The van der Waals surface area contributed by atoms with Crippen molar-refractivity contribution in [3.8, 4) is 0 Å². The molecule has 0 saturated heterocycles. The van der Waals surface area contributed by atoms with Gasteiger partial charge in [0.25, 0.3) is 0 Å². The van der Waals surface area contributed by atoms with Gasteiger partial charge >= 0.3 is 39.5 Å². The number of aliphatic hydroxyl groups is 1. The van der Waals surface area contributed by atoms with Crippen molar-refractivity contribution < 1.29 is 80.2 Å². The van der Waals surface area contributed by atoms with Crippen LogP contribution in [0.5, 0.6) is 0 Å². The van der Waals surface area contributed by atoms with Crippen molar-refractivity contribution in [3.05, 3.63) is 0 Å². The van der Waals surface area contributed by atoms with E-state index < -0.39 is 97.5 Å². The van der Waals surface area contributed by atoms with Crippen LogP contribution in [0.15, 0.2) is 0 Å². The summed E-state index contributed by atoms with van der Waals surface area (Å²) in [6, 6.07) is 0. The molecule has 2 unspecified atom stereocenters. The van der Waals surface area contributed by atoms with Gasteiger partial charge in [0.1, 0.15) is 19.3 Å². The Balaban J connectivity index is 5.26. The number of esters is 4. The fourth-order valence-corrected chi connectivity index (χ4v) is 14.2. The maximum Gasteiger partial charge on any atom is 0.472 e. The molecule has 0 heterocycles. The largest absolute Gasteiger partial charge is 0.472 e. The third-order valence-electron chi connectivity index (χ3n) is 19.0. The number of aliphatic hydroxyl groups excluding tert-OH is 1. The van der Waals surface area contributed by atoms with Gasteiger partial charge < -0.3 is 33.8 Å². The normalized spacial score (nSPS) is 13.8. The van der Waals surface area contributed by atoms with Gasteiger partial charge in [-0.2, -0.15) is 0 Å². The Hall–Kier alpha value is -1.94. The van der Waals surface area contributed by atoms with E-state index in [4.69, 9.17) is 37.0 Å². The molecule has 0 aliphatic rings. The van der Waals surface area contributed by atoms with Crippen LogP contribution in [-0.4, -0.2) is 96.7 Å². The molecule has 0 rings (SSSR count). The molecule has 0 aromatic heterocycles. The maximum absolute atomic E-state index is 13.1. The first kappa shape index (κ1) is 98.1. The Morgan fingerprint density at radius 2 is 0.460 bits per heavy atom. The second-order valence-corrected chi connectivity index (χ2v) is 32.5. The predicted molar refractivity (Wildman–Crippen MR) is 409 cm³/mol. The molecule has 0 spiro atoms. The van der Waals surface area contributed by atoms with Gasteiger partial charge in [-0.05, 0) is 31.6 Å². The molecule has 5 atom stereocenters. The molecule has 0 fully saturated rings. The quantitative estimate of drug-likeness (QED) is 0.0222. The minimum absolute atomic E-state index is 0.108. The SMILES string of the molecule is CCCCCCCCCCCCCCCCCCCCC(=O)O[C@H](COC(=O)CCCCCCCCCCCCCCCCCC)COP(=O)(O)OC[C@@H](O)COP(=O)(O)OC[C@@H](COC(=O)CCCCCCCCCCCC(C)C)OC(=O)CCCCCCCCCCCCCCCC. The van der Waals surface area contributed by atoms with E-state index in [2.05, 4.69) is 34.6 Å². The third kappa shape index (κ3) is 74.3. The van der Waals surface area contributed by atoms with Gasteiger partial charge in [-0.15, -0.1) is 0 Å². The molecule has 0 aromatic carbocycles. The lowest BCUT2D eigenvalue weighted by molar-refractivity contribution is -0.161. The molecular weight excluding hydrogens is 1310 g/mol. The monoisotopic (exact) mass is 1470 g/mol. The van der Waals surface area contributed by atoms with Gasteiger partial charge in [-0.25, -0.2) is 9.13 Å².